The summed E-state index contributed by atoms with van der Waals surface area (Å²) in [6, 6.07) is 14.0. The van der Waals surface area contributed by atoms with Crippen molar-refractivity contribution in [1.29, 1.82) is 0 Å². The Bertz CT molecular complexity index is 703. The van der Waals surface area contributed by atoms with Crippen molar-refractivity contribution in [1.82, 2.24) is 0 Å². The first-order chi connectivity index (χ1) is 10.5. The molecule has 22 heavy (non-hydrogen) atoms. The van der Waals surface area contributed by atoms with Gasteiger partial charge in [-0.2, -0.15) is 8.42 Å². The molecular weight excluding hydrogens is 296 g/mol. The standard InChI is InChI=1S/C18H22O3S/c1-3-4-5-7-16-8-6-9-17(14-16)21-22(19,20)18-12-10-15(2)11-13-18/h6,8-14H,3-5,7H2,1-2H3. The lowest BCUT2D eigenvalue weighted by atomic mass is 10.1. The molecule has 0 atom stereocenters. The van der Waals surface area contributed by atoms with E-state index in [1.165, 1.54) is 6.42 Å². The SMILES string of the molecule is CCCCCc1cccc(OS(=O)(=O)c2ccc(C)cc2)c1. The molecule has 0 N–H and O–H groups in total. The van der Waals surface area contributed by atoms with Crippen molar-refractivity contribution in [3.63, 3.8) is 0 Å². The van der Waals surface area contributed by atoms with Crippen molar-refractivity contribution in [2.75, 3.05) is 0 Å². The minimum absolute atomic E-state index is 0.175. The van der Waals surface area contributed by atoms with E-state index in [1.54, 1.807) is 36.4 Å². The lowest BCUT2D eigenvalue weighted by molar-refractivity contribution is 0.485. The van der Waals surface area contributed by atoms with Gasteiger partial charge in [-0.05, 0) is 49.6 Å². The molecule has 0 saturated heterocycles. The maximum atomic E-state index is 12.3. The summed E-state index contributed by atoms with van der Waals surface area (Å²) < 4.78 is 29.8. The Morgan fingerprint density at radius 2 is 1.73 bits per heavy atom. The molecule has 0 aliphatic rings. The fourth-order valence-corrected chi connectivity index (χ4v) is 3.13. The van der Waals surface area contributed by atoms with E-state index >= 15 is 0 Å². The highest BCUT2D eigenvalue weighted by Crippen LogP contribution is 2.21. The van der Waals surface area contributed by atoms with Crippen molar-refractivity contribution in [2.24, 2.45) is 0 Å². The summed E-state index contributed by atoms with van der Waals surface area (Å²) in [6.45, 7) is 4.07. The predicted octanol–water partition coefficient (Wildman–Crippen LogP) is 4.50. The maximum absolute atomic E-state index is 12.3. The molecule has 0 aliphatic carbocycles. The molecule has 0 bridgehead atoms. The molecule has 0 heterocycles. The first-order valence-corrected chi connectivity index (χ1v) is 9.02. The summed E-state index contributed by atoms with van der Waals surface area (Å²) in [5.41, 5.74) is 2.11. The predicted molar refractivity (Wildman–Crippen MR) is 88.7 cm³/mol. The minimum Gasteiger partial charge on any atom is -0.379 e. The van der Waals surface area contributed by atoms with Crippen molar-refractivity contribution in [3.8, 4) is 5.75 Å². The van der Waals surface area contributed by atoms with Crippen molar-refractivity contribution < 1.29 is 12.6 Å². The normalized spacial score (nSPS) is 11.4. The van der Waals surface area contributed by atoms with Crippen molar-refractivity contribution >= 4 is 10.1 Å². The molecule has 118 valence electrons. The second kappa shape index (κ2) is 7.45. The Balaban J connectivity index is 2.12. The van der Waals surface area contributed by atoms with Gasteiger partial charge in [-0.25, -0.2) is 0 Å². The van der Waals surface area contributed by atoms with Crippen LogP contribution in [-0.4, -0.2) is 8.42 Å². The van der Waals surface area contributed by atoms with Crippen LogP contribution in [0.1, 0.15) is 37.3 Å². The highest BCUT2D eigenvalue weighted by Gasteiger charge is 2.16. The average Bonchev–Trinajstić information content (AvgIpc) is 2.48. The molecule has 2 aromatic rings. The van der Waals surface area contributed by atoms with Gasteiger partial charge in [0.25, 0.3) is 0 Å². The minimum atomic E-state index is -3.77. The zero-order chi connectivity index (χ0) is 16.0. The molecular formula is C18H22O3S. The third kappa shape index (κ3) is 4.60. The zero-order valence-electron chi connectivity index (χ0n) is 13.1. The quantitative estimate of drug-likeness (QED) is 0.558. The van der Waals surface area contributed by atoms with Crippen LogP contribution in [0.3, 0.4) is 0 Å². The first-order valence-electron chi connectivity index (χ1n) is 7.61. The van der Waals surface area contributed by atoms with Gasteiger partial charge in [0.05, 0.1) is 0 Å². The molecule has 0 unspecified atom stereocenters. The molecule has 3 nitrogen and oxygen atoms in total. The van der Waals surface area contributed by atoms with E-state index in [9.17, 15) is 8.42 Å². The molecule has 0 amide bonds. The smallest absolute Gasteiger partial charge is 0.339 e. The molecule has 2 rings (SSSR count). The number of unbranched alkanes of at least 4 members (excludes halogenated alkanes) is 2. The van der Waals surface area contributed by atoms with Crippen molar-refractivity contribution in [2.45, 2.75) is 44.4 Å². The summed E-state index contributed by atoms with van der Waals surface area (Å²) in [5.74, 6) is 0.370. The van der Waals surface area contributed by atoms with Gasteiger partial charge in [0.15, 0.2) is 0 Å². The van der Waals surface area contributed by atoms with E-state index in [4.69, 9.17) is 4.18 Å². The van der Waals surface area contributed by atoms with Crippen LogP contribution in [0.25, 0.3) is 0 Å². The summed E-state index contributed by atoms with van der Waals surface area (Å²) in [6.07, 6.45) is 4.38. The maximum Gasteiger partial charge on any atom is 0.339 e. The first kappa shape index (κ1) is 16.6. The van der Waals surface area contributed by atoms with Crippen LogP contribution in [0.4, 0.5) is 0 Å². The van der Waals surface area contributed by atoms with Crippen LogP contribution in [-0.2, 0) is 16.5 Å². The Morgan fingerprint density at radius 3 is 2.41 bits per heavy atom. The lowest BCUT2D eigenvalue weighted by Crippen LogP contribution is -2.09. The van der Waals surface area contributed by atoms with E-state index in [-0.39, 0.29) is 4.90 Å². The highest BCUT2D eigenvalue weighted by molar-refractivity contribution is 7.87. The second-order valence-electron chi connectivity index (χ2n) is 5.46. The van der Waals surface area contributed by atoms with E-state index < -0.39 is 10.1 Å². The Kier molecular flexibility index (Phi) is 5.61. The molecule has 0 aromatic heterocycles. The van der Waals surface area contributed by atoms with E-state index in [1.807, 2.05) is 19.1 Å². The van der Waals surface area contributed by atoms with Gasteiger partial charge in [-0.3, -0.25) is 0 Å². The van der Waals surface area contributed by atoms with Gasteiger partial charge < -0.3 is 4.18 Å². The van der Waals surface area contributed by atoms with Crippen LogP contribution in [0.2, 0.25) is 0 Å². The number of hydrogen-bond acceptors (Lipinski definition) is 3. The number of rotatable bonds is 7. The third-order valence-electron chi connectivity index (χ3n) is 3.48. The Morgan fingerprint density at radius 1 is 1.00 bits per heavy atom. The molecule has 4 heteroatoms. The lowest BCUT2D eigenvalue weighted by Gasteiger charge is -2.09. The molecule has 0 spiro atoms. The van der Waals surface area contributed by atoms with Gasteiger partial charge >= 0.3 is 10.1 Å². The number of hydrogen-bond donors (Lipinski definition) is 0. The molecule has 0 fully saturated rings. The van der Waals surface area contributed by atoms with Crippen LogP contribution in [0.5, 0.6) is 5.75 Å². The molecule has 0 saturated carbocycles. The van der Waals surface area contributed by atoms with Gasteiger partial charge in [0, 0.05) is 0 Å². The number of benzene rings is 2. The fourth-order valence-electron chi connectivity index (χ4n) is 2.21. The van der Waals surface area contributed by atoms with Crippen LogP contribution < -0.4 is 4.18 Å². The second-order valence-corrected chi connectivity index (χ2v) is 7.00. The van der Waals surface area contributed by atoms with Crippen LogP contribution in [0.15, 0.2) is 53.4 Å². The molecule has 0 radical (unpaired) electrons. The zero-order valence-corrected chi connectivity index (χ0v) is 13.9. The van der Waals surface area contributed by atoms with E-state index in [2.05, 4.69) is 6.92 Å². The van der Waals surface area contributed by atoms with Gasteiger partial charge in [-0.1, -0.05) is 49.6 Å². The van der Waals surface area contributed by atoms with E-state index in [0.29, 0.717) is 5.75 Å². The topological polar surface area (TPSA) is 43.4 Å². The fraction of sp³-hybridized carbons (Fsp3) is 0.333. The van der Waals surface area contributed by atoms with Crippen LogP contribution >= 0.6 is 0 Å². The monoisotopic (exact) mass is 318 g/mol. The summed E-state index contributed by atoms with van der Waals surface area (Å²) in [5, 5.41) is 0. The van der Waals surface area contributed by atoms with Gasteiger partial charge in [0.1, 0.15) is 10.6 Å². The van der Waals surface area contributed by atoms with E-state index in [0.717, 1.165) is 30.4 Å². The molecule has 0 aliphatic heterocycles. The van der Waals surface area contributed by atoms with Gasteiger partial charge in [0.2, 0.25) is 0 Å². The highest BCUT2D eigenvalue weighted by atomic mass is 32.2. The largest absolute Gasteiger partial charge is 0.379 e. The average molecular weight is 318 g/mol. The Labute approximate surface area is 133 Å². The van der Waals surface area contributed by atoms with Gasteiger partial charge in [-0.15, -0.1) is 0 Å². The van der Waals surface area contributed by atoms with Crippen LogP contribution in [0, 0.1) is 6.92 Å². The number of aryl methyl sites for hydroxylation is 2. The summed E-state index contributed by atoms with van der Waals surface area (Å²) in [7, 11) is -3.77. The summed E-state index contributed by atoms with van der Waals surface area (Å²) in [4.78, 5) is 0.175. The third-order valence-corrected chi connectivity index (χ3v) is 4.74. The summed E-state index contributed by atoms with van der Waals surface area (Å²) >= 11 is 0. The molecule has 2 aromatic carbocycles. The Hall–Kier alpha value is -1.81. The van der Waals surface area contributed by atoms with Crippen molar-refractivity contribution in [3.05, 3.63) is 59.7 Å².